The zero-order valence-electron chi connectivity index (χ0n) is 22.4. The minimum Gasteiger partial charge on any atom is -0.497 e. The summed E-state index contributed by atoms with van der Waals surface area (Å²) in [6.45, 7) is 0. The van der Waals surface area contributed by atoms with Gasteiger partial charge in [-0.1, -0.05) is 12.1 Å². The molecule has 0 saturated heterocycles. The van der Waals surface area contributed by atoms with Crippen LogP contribution in [0.5, 0.6) is 11.5 Å². The number of amides is 1. The van der Waals surface area contributed by atoms with Crippen molar-refractivity contribution in [1.82, 2.24) is 9.97 Å². The Bertz CT molecular complexity index is 1840. The molecule has 0 aliphatic carbocycles. The van der Waals surface area contributed by atoms with Gasteiger partial charge in [-0.2, -0.15) is 0 Å². The molecule has 10 heteroatoms. The third-order valence-electron chi connectivity index (χ3n) is 6.18. The van der Waals surface area contributed by atoms with Gasteiger partial charge in [-0.15, -0.1) is 0 Å². The molecule has 6 aromatic rings. The Balaban J connectivity index is 0.000000165. The number of nitrogens with zero attached hydrogens (tertiary/aromatic N) is 2. The van der Waals surface area contributed by atoms with Crippen LogP contribution in [-0.2, 0) is 4.74 Å². The maximum atomic E-state index is 11.7. The zero-order valence-corrected chi connectivity index (χ0v) is 22.4. The first-order valence-corrected chi connectivity index (χ1v) is 12.4. The van der Waals surface area contributed by atoms with Crippen molar-refractivity contribution in [3.8, 4) is 34.4 Å². The summed E-state index contributed by atoms with van der Waals surface area (Å²) in [5.41, 5.74) is 9.73. The van der Waals surface area contributed by atoms with Crippen LogP contribution < -0.4 is 15.2 Å². The number of para-hydroxylation sites is 2. The zero-order chi connectivity index (χ0) is 28.9. The molecule has 0 aliphatic rings. The van der Waals surface area contributed by atoms with Gasteiger partial charge in [0.25, 0.3) is 5.91 Å². The predicted octanol–water partition coefficient (Wildman–Crippen LogP) is 5.89. The molecule has 0 unspecified atom stereocenters. The van der Waals surface area contributed by atoms with Crippen LogP contribution in [0.3, 0.4) is 0 Å². The summed E-state index contributed by atoms with van der Waals surface area (Å²) in [6, 6.07) is 24.9. The number of rotatable bonds is 6. The molecule has 0 bridgehead atoms. The molecule has 1 amide bonds. The number of methoxy groups -OCH3 is 3. The number of aromatic nitrogens is 2. The van der Waals surface area contributed by atoms with Gasteiger partial charge in [0.2, 0.25) is 11.8 Å². The largest absolute Gasteiger partial charge is 0.497 e. The third kappa shape index (κ3) is 5.57. The van der Waals surface area contributed by atoms with Crippen LogP contribution >= 0.6 is 0 Å². The van der Waals surface area contributed by atoms with E-state index in [1.165, 1.54) is 7.11 Å². The quantitative estimate of drug-likeness (QED) is 0.251. The van der Waals surface area contributed by atoms with Gasteiger partial charge in [0.05, 0.1) is 32.5 Å². The van der Waals surface area contributed by atoms with E-state index in [1.807, 2.05) is 48.5 Å². The molecule has 0 aliphatic heterocycles. The van der Waals surface area contributed by atoms with E-state index < -0.39 is 11.9 Å². The Hall–Kier alpha value is -5.64. The average molecular weight is 552 g/mol. The third-order valence-corrected chi connectivity index (χ3v) is 6.18. The van der Waals surface area contributed by atoms with Gasteiger partial charge in [-0.3, -0.25) is 4.79 Å². The molecular formula is C31H25N3O7. The normalized spacial score (nSPS) is 10.6. The second-order valence-electron chi connectivity index (χ2n) is 8.66. The minimum absolute atomic E-state index is 0.353. The lowest BCUT2D eigenvalue weighted by atomic mass is 10.2. The van der Waals surface area contributed by atoms with Crippen LogP contribution in [0.2, 0.25) is 0 Å². The second-order valence-corrected chi connectivity index (χ2v) is 8.66. The number of nitrogens with two attached hydrogens (primary N) is 1. The Labute approximate surface area is 234 Å². The lowest BCUT2D eigenvalue weighted by Crippen LogP contribution is -2.11. The van der Waals surface area contributed by atoms with E-state index in [-0.39, 0.29) is 0 Å². The first kappa shape index (κ1) is 26.9. The summed E-state index contributed by atoms with van der Waals surface area (Å²) in [6.07, 6.45) is 0. The number of esters is 1. The van der Waals surface area contributed by atoms with Crippen molar-refractivity contribution < 1.29 is 32.6 Å². The van der Waals surface area contributed by atoms with Gasteiger partial charge in [0, 0.05) is 11.1 Å². The highest BCUT2D eigenvalue weighted by molar-refractivity contribution is 6.04. The lowest BCUT2D eigenvalue weighted by Gasteiger charge is -1.99. The molecular weight excluding hydrogens is 526 g/mol. The van der Waals surface area contributed by atoms with Crippen molar-refractivity contribution in [2.75, 3.05) is 21.3 Å². The number of carbonyl (C=O) groups is 2. The summed E-state index contributed by atoms with van der Waals surface area (Å²) in [7, 11) is 4.55. The van der Waals surface area contributed by atoms with Gasteiger partial charge in [0.1, 0.15) is 22.5 Å². The average Bonchev–Trinajstić information content (AvgIpc) is 3.66. The number of hydrogen-bond acceptors (Lipinski definition) is 9. The molecule has 0 saturated carbocycles. The summed E-state index contributed by atoms with van der Waals surface area (Å²) in [4.78, 5) is 31.9. The monoisotopic (exact) mass is 551 g/mol. The van der Waals surface area contributed by atoms with E-state index in [0.29, 0.717) is 45.1 Å². The topological polar surface area (TPSA) is 140 Å². The Morgan fingerprint density at radius 2 is 1.07 bits per heavy atom. The van der Waals surface area contributed by atoms with Crippen LogP contribution in [-0.4, -0.2) is 43.2 Å². The van der Waals surface area contributed by atoms with E-state index in [1.54, 1.807) is 50.6 Å². The molecule has 4 aromatic carbocycles. The number of ether oxygens (including phenoxy) is 3. The maximum absolute atomic E-state index is 11.7. The minimum atomic E-state index is -0.523. The van der Waals surface area contributed by atoms with E-state index in [2.05, 4.69) is 9.97 Å². The number of carbonyl (C=O) groups excluding carboxylic acids is 2. The van der Waals surface area contributed by atoms with E-state index >= 15 is 0 Å². The van der Waals surface area contributed by atoms with Gasteiger partial charge in [0.15, 0.2) is 11.2 Å². The van der Waals surface area contributed by atoms with Crippen molar-refractivity contribution in [2.24, 2.45) is 5.73 Å². The second kappa shape index (κ2) is 11.6. The molecule has 0 spiro atoms. The van der Waals surface area contributed by atoms with Gasteiger partial charge in [-0.25, -0.2) is 14.8 Å². The molecule has 2 heterocycles. The summed E-state index contributed by atoms with van der Waals surface area (Å²) in [5.74, 6) is 1.44. The maximum Gasteiger partial charge on any atom is 0.340 e. The van der Waals surface area contributed by atoms with Crippen LogP contribution in [0.1, 0.15) is 20.7 Å². The first-order valence-electron chi connectivity index (χ1n) is 12.4. The van der Waals surface area contributed by atoms with Crippen molar-refractivity contribution in [2.45, 2.75) is 0 Å². The van der Waals surface area contributed by atoms with Gasteiger partial charge in [-0.05, 0) is 72.8 Å². The van der Waals surface area contributed by atoms with E-state index in [4.69, 9.17) is 28.8 Å². The number of oxazole rings is 2. The Morgan fingerprint density at radius 3 is 1.49 bits per heavy atom. The molecule has 206 valence electrons. The number of primary amides is 1. The van der Waals surface area contributed by atoms with Crippen molar-refractivity contribution in [1.29, 1.82) is 0 Å². The molecule has 10 nitrogen and oxygen atoms in total. The molecule has 0 radical (unpaired) electrons. The van der Waals surface area contributed by atoms with Crippen molar-refractivity contribution in [3.05, 3.63) is 96.1 Å². The highest BCUT2D eigenvalue weighted by atomic mass is 16.5. The van der Waals surface area contributed by atoms with Crippen molar-refractivity contribution in [3.63, 3.8) is 0 Å². The van der Waals surface area contributed by atoms with Crippen LogP contribution in [0.4, 0.5) is 0 Å². The molecule has 2 aromatic heterocycles. The predicted molar refractivity (Wildman–Crippen MR) is 152 cm³/mol. The molecule has 2 N–H and O–H groups in total. The van der Waals surface area contributed by atoms with Crippen LogP contribution in [0, 0.1) is 0 Å². The molecule has 0 fully saturated rings. The number of benzene rings is 4. The van der Waals surface area contributed by atoms with Crippen LogP contribution in [0.25, 0.3) is 45.1 Å². The highest BCUT2D eigenvalue weighted by Crippen LogP contribution is 2.29. The molecule has 6 rings (SSSR count). The fourth-order valence-electron chi connectivity index (χ4n) is 4.08. The number of hydrogen-bond donors (Lipinski definition) is 1. The summed E-state index contributed by atoms with van der Waals surface area (Å²) < 4.78 is 26.3. The van der Waals surface area contributed by atoms with Gasteiger partial charge < -0.3 is 28.8 Å². The summed E-state index contributed by atoms with van der Waals surface area (Å²) in [5, 5.41) is 0. The first-order chi connectivity index (χ1) is 19.9. The highest BCUT2D eigenvalue weighted by Gasteiger charge is 2.17. The van der Waals surface area contributed by atoms with E-state index in [0.717, 1.165) is 22.6 Å². The molecule has 0 atom stereocenters. The van der Waals surface area contributed by atoms with Crippen LogP contribution in [0.15, 0.2) is 93.8 Å². The lowest BCUT2D eigenvalue weighted by molar-refractivity contribution is 0.0602. The molecule has 41 heavy (non-hydrogen) atoms. The Morgan fingerprint density at radius 1 is 0.634 bits per heavy atom. The standard InChI is InChI=1S/C16H13NO4.C15H12N2O3/c1-19-11-8-6-10(7-9-11)15-17-14-12(16(18)20-2)4-3-5-13(14)21-15;1-19-10-7-5-9(6-8-10)15-17-13-11(14(16)18)3-2-4-12(13)20-15/h3-9H,1-2H3;2-8H,1H3,(H2,16,18). The SMILES string of the molecule is COC(=O)c1cccc2oc(-c3ccc(OC)cc3)nc12.COc1ccc(-c2nc3c(C(N)=O)cccc3o2)cc1. The number of fused-ring (bicyclic) bond motifs is 2. The fourth-order valence-corrected chi connectivity index (χ4v) is 4.08. The smallest absolute Gasteiger partial charge is 0.340 e. The summed E-state index contributed by atoms with van der Waals surface area (Å²) >= 11 is 0. The van der Waals surface area contributed by atoms with Gasteiger partial charge >= 0.3 is 5.97 Å². The van der Waals surface area contributed by atoms with E-state index in [9.17, 15) is 9.59 Å². The fraction of sp³-hybridized carbons (Fsp3) is 0.0968. The van der Waals surface area contributed by atoms with Crippen molar-refractivity contribution >= 4 is 34.1 Å². The Kier molecular flexibility index (Phi) is 7.64.